The van der Waals surface area contributed by atoms with Gasteiger partial charge in [0.2, 0.25) is 0 Å². The molecule has 0 saturated heterocycles. The van der Waals surface area contributed by atoms with Crippen LogP contribution in [0.5, 0.6) is 0 Å². The lowest BCUT2D eigenvalue weighted by molar-refractivity contribution is 0.0686. The molecule has 1 fully saturated rings. The molecule has 4 nitrogen and oxygen atoms in total. The highest BCUT2D eigenvalue weighted by molar-refractivity contribution is 6.04. The standard InChI is InChI=1S/C32H36O4/c1-3-12-22-20-23(13-4-2)29(24-16-8-10-18-26(24)31(33)34)30(28(22)21-14-6-5-7-15-21)25-17-9-11-19-27(25)32(35)36/h8-11,16-21H,3-7,12-15H2,1-2H3,(H,33,34)(H,35,36). The maximum Gasteiger partial charge on any atom is 0.336 e. The molecule has 0 spiro atoms. The van der Waals surface area contributed by atoms with Crippen molar-refractivity contribution >= 4 is 11.9 Å². The van der Waals surface area contributed by atoms with Gasteiger partial charge in [0.1, 0.15) is 0 Å². The van der Waals surface area contributed by atoms with Crippen molar-refractivity contribution in [2.24, 2.45) is 0 Å². The third-order valence-corrected chi connectivity index (χ3v) is 7.44. The summed E-state index contributed by atoms with van der Waals surface area (Å²) in [6, 6.07) is 16.7. The van der Waals surface area contributed by atoms with E-state index in [-0.39, 0.29) is 11.1 Å². The third kappa shape index (κ3) is 5.09. The summed E-state index contributed by atoms with van der Waals surface area (Å²) < 4.78 is 0. The van der Waals surface area contributed by atoms with Crippen LogP contribution in [0.3, 0.4) is 0 Å². The Kier molecular flexibility index (Phi) is 8.25. The largest absolute Gasteiger partial charge is 0.478 e. The predicted molar refractivity (Wildman–Crippen MR) is 145 cm³/mol. The van der Waals surface area contributed by atoms with Crippen molar-refractivity contribution in [3.05, 3.63) is 82.4 Å². The summed E-state index contributed by atoms with van der Waals surface area (Å²) in [5.41, 5.74) is 7.33. The monoisotopic (exact) mass is 484 g/mol. The molecule has 3 aromatic rings. The van der Waals surface area contributed by atoms with E-state index in [1.165, 1.54) is 17.5 Å². The van der Waals surface area contributed by atoms with Crippen LogP contribution < -0.4 is 0 Å². The van der Waals surface area contributed by atoms with E-state index in [4.69, 9.17) is 0 Å². The summed E-state index contributed by atoms with van der Waals surface area (Å²) in [5.74, 6) is -1.60. The number of aryl methyl sites for hydroxylation is 2. The van der Waals surface area contributed by atoms with Gasteiger partial charge >= 0.3 is 11.9 Å². The molecular formula is C32H36O4. The van der Waals surface area contributed by atoms with Gasteiger partial charge in [-0.25, -0.2) is 9.59 Å². The van der Waals surface area contributed by atoms with Crippen molar-refractivity contribution in [1.29, 1.82) is 0 Å². The van der Waals surface area contributed by atoms with Crippen molar-refractivity contribution < 1.29 is 19.8 Å². The van der Waals surface area contributed by atoms with Crippen LogP contribution >= 0.6 is 0 Å². The first kappa shape index (κ1) is 25.7. The van der Waals surface area contributed by atoms with Gasteiger partial charge in [-0.1, -0.05) is 88.4 Å². The molecule has 0 radical (unpaired) electrons. The number of hydrogen-bond donors (Lipinski definition) is 2. The number of hydrogen-bond acceptors (Lipinski definition) is 2. The molecule has 1 saturated carbocycles. The van der Waals surface area contributed by atoms with Gasteiger partial charge < -0.3 is 10.2 Å². The molecule has 0 aromatic heterocycles. The molecule has 3 aromatic carbocycles. The lowest BCUT2D eigenvalue weighted by atomic mass is 9.73. The van der Waals surface area contributed by atoms with Crippen molar-refractivity contribution in [1.82, 2.24) is 0 Å². The van der Waals surface area contributed by atoms with Crippen LogP contribution in [-0.4, -0.2) is 22.2 Å². The number of aromatic carboxylic acids is 2. The van der Waals surface area contributed by atoms with E-state index in [1.807, 2.05) is 24.3 Å². The Morgan fingerprint density at radius 1 is 0.722 bits per heavy atom. The number of benzene rings is 3. The molecule has 0 amide bonds. The molecule has 4 heteroatoms. The Hall–Kier alpha value is -3.40. The van der Waals surface area contributed by atoms with E-state index in [1.54, 1.807) is 24.3 Å². The minimum absolute atomic E-state index is 0.252. The van der Waals surface area contributed by atoms with Crippen LogP contribution in [0.15, 0.2) is 54.6 Å². The van der Waals surface area contributed by atoms with Gasteiger partial charge in [-0.2, -0.15) is 0 Å². The SMILES string of the molecule is CCCc1cc(CCC)c(C2CCCCC2)c(-c2ccccc2C(=O)O)c1-c1ccccc1C(=O)O. The highest BCUT2D eigenvalue weighted by atomic mass is 16.4. The molecule has 1 aliphatic carbocycles. The van der Waals surface area contributed by atoms with E-state index in [2.05, 4.69) is 19.9 Å². The highest BCUT2D eigenvalue weighted by Gasteiger charge is 2.29. The first-order valence-electron chi connectivity index (χ1n) is 13.3. The molecule has 0 aliphatic heterocycles. The summed E-state index contributed by atoms with van der Waals surface area (Å²) in [6.45, 7) is 4.31. The zero-order valence-corrected chi connectivity index (χ0v) is 21.3. The Morgan fingerprint density at radius 2 is 1.22 bits per heavy atom. The van der Waals surface area contributed by atoms with E-state index in [0.29, 0.717) is 17.0 Å². The zero-order chi connectivity index (χ0) is 25.7. The molecular weight excluding hydrogens is 448 g/mol. The fraction of sp³-hybridized carbons (Fsp3) is 0.375. The summed E-state index contributed by atoms with van der Waals surface area (Å²) in [5, 5.41) is 20.3. The van der Waals surface area contributed by atoms with Gasteiger partial charge in [0.05, 0.1) is 11.1 Å². The molecule has 0 heterocycles. The molecule has 0 atom stereocenters. The fourth-order valence-electron chi connectivity index (χ4n) is 5.98. The quantitative estimate of drug-likeness (QED) is 0.320. The normalized spacial score (nSPS) is 14.1. The first-order chi connectivity index (χ1) is 17.5. The second-order valence-corrected chi connectivity index (χ2v) is 9.89. The van der Waals surface area contributed by atoms with Crippen molar-refractivity contribution in [3.63, 3.8) is 0 Å². The van der Waals surface area contributed by atoms with Gasteiger partial charge in [-0.3, -0.25) is 0 Å². The van der Waals surface area contributed by atoms with Crippen LogP contribution in [0.2, 0.25) is 0 Å². The van der Waals surface area contributed by atoms with E-state index < -0.39 is 11.9 Å². The van der Waals surface area contributed by atoms with Gasteiger partial charge in [-0.05, 0) is 82.7 Å². The fourth-order valence-corrected chi connectivity index (χ4v) is 5.98. The van der Waals surface area contributed by atoms with E-state index in [9.17, 15) is 19.8 Å². The van der Waals surface area contributed by atoms with E-state index >= 15 is 0 Å². The molecule has 4 rings (SSSR count). The topological polar surface area (TPSA) is 74.6 Å². The van der Waals surface area contributed by atoms with Crippen LogP contribution in [-0.2, 0) is 12.8 Å². The average molecular weight is 485 g/mol. The molecule has 0 bridgehead atoms. The Labute approximate surface area is 214 Å². The van der Waals surface area contributed by atoms with Crippen molar-refractivity contribution in [2.75, 3.05) is 0 Å². The average Bonchev–Trinajstić information content (AvgIpc) is 2.89. The number of rotatable bonds is 9. The van der Waals surface area contributed by atoms with Crippen LogP contribution in [0, 0.1) is 0 Å². The molecule has 2 N–H and O–H groups in total. The second kappa shape index (κ2) is 11.6. The molecule has 1 aliphatic rings. The molecule has 36 heavy (non-hydrogen) atoms. The van der Waals surface area contributed by atoms with Gasteiger partial charge in [0.15, 0.2) is 0 Å². The maximum absolute atomic E-state index is 12.4. The minimum atomic E-state index is -0.970. The lowest BCUT2D eigenvalue weighted by Gasteiger charge is -2.31. The van der Waals surface area contributed by atoms with Gasteiger partial charge in [-0.15, -0.1) is 0 Å². The minimum Gasteiger partial charge on any atom is -0.478 e. The van der Waals surface area contributed by atoms with Crippen LogP contribution in [0.4, 0.5) is 0 Å². The number of carboxylic acids is 2. The summed E-state index contributed by atoms with van der Waals surface area (Å²) >= 11 is 0. The Morgan fingerprint density at radius 3 is 1.75 bits per heavy atom. The highest BCUT2D eigenvalue weighted by Crippen LogP contribution is 2.48. The summed E-state index contributed by atoms with van der Waals surface area (Å²) in [7, 11) is 0. The Balaban J connectivity index is 2.21. The third-order valence-electron chi connectivity index (χ3n) is 7.44. The summed E-state index contributed by atoms with van der Waals surface area (Å²) in [4.78, 5) is 24.8. The number of carbonyl (C=O) groups is 2. The van der Waals surface area contributed by atoms with E-state index in [0.717, 1.165) is 68.1 Å². The van der Waals surface area contributed by atoms with Gasteiger partial charge in [0, 0.05) is 0 Å². The predicted octanol–water partition coefficient (Wildman–Crippen LogP) is 8.37. The van der Waals surface area contributed by atoms with Crippen LogP contribution in [0.25, 0.3) is 22.3 Å². The van der Waals surface area contributed by atoms with Crippen LogP contribution in [0.1, 0.15) is 102 Å². The molecule has 188 valence electrons. The Bertz CT molecular complexity index is 1250. The smallest absolute Gasteiger partial charge is 0.336 e. The number of carboxylic acid groups (broad SMARTS) is 2. The van der Waals surface area contributed by atoms with Gasteiger partial charge in [0.25, 0.3) is 0 Å². The zero-order valence-electron chi connectivity index (χ0n) is 21.3. The van der Waals surface area contributed by atoms with Crippen molar-refractivity contribution in [3.8, 4) is 22.3 Å². The molecule has 0 unspecified atom stereocenters. The first-order valence-corrected chi connectivity index (χ1v) is 13.3. The van der Waals surface area contributed by atoms with Crippen molar-refractivity contribution in [2.45, 2.75) is 77.6 Å². The summed E-state index contributed by atoms with van der Waals surface area (Å²) in [6.07, 6.45) is 9.33. The lowest BCUT2D eigenvalue weighted by Crippen LogP contribution is -2.14. The maximum atomic E-state index is 12.4. The second-order valence-electron chi connectivity index (χ2n) is 9.89.